The van der Waals surface area contributed by atoms with Crippen LogP contribution in [0.5, 0.6) is 0 Å². The van der Waals surface area contributed by atoms with Gasteiger partial charge in [-0.3, -0.25) is 0 Å². The fraction of sp³-hybridized carbons (Fsp3) is 0.385. The van der Waals surface area contributed by atoms with E-state index >= 15 is 0 Å². The van der Waals surface area contributed by atoms with Crippen LogP contribution in [0.4, 0.5) is 5.69 Å². The molecule has 0 heterocycles. The minimum Gasteiger partial charge on any atom is -0.371 e. The number of hydrogen-bond acceptors (Lipinski definition) is 3. The van der Waals surface area contributed by atoms with Gasteiger partial charge >= 0.3 is 0 Å². The molecule has 0 radical (unpaired) electrons. The molecule has 92 valence electrons. The summed E-state index contributed by atoms with van der Waals surface area (Å²) in [6.45, 7) is 4.06. The normalized spacial score (nSPS) is 13.1. The van der Waals surface area contributed by atoms with Gasteiger partial charge in [0.15, 0.2) is 9.84 Å². The first kappa shape index (κ1) is 13.6. The van der Waals surface area contributed by atoms with Crippen molar-refractivity contribution in [2.24, 2.45) is 5.92 Å². The van der Waals surface area contributed by atoms with E-state index in [1.54, 1.807) is 24.3 Å². The molecule has 4 heteroatoms. The second-order valence-corrected chi connectivity index (χ2v) is 6.34. The predicted octanol–water partition coefficient (Wildman–Crippen LogP) is 2.16. The van der Waals surface area contributed by atoms with Crippen LogP contribution in [-0.2, 0) is 9.84 Å². The molecule has 0 bridgehead atoms. The maximum atomic E-state index is 11.3. The number of sulfone groups is 1. The number of terminal acetylenes is 1. The van der Waals surface area contributed by atoms with Gasteiger partial charge in [-0.2, -0.15) is 0 Å². The highest BCUT2D eigenvalue weighted by Gasteiger charge is 2.10. The summed E-state index contributed by atoms with van der Waals surface area (Å²) >= 11 is 0. The van der Waals surface area contributed by atoms with Gasteiger partial charge in [0.05, 0.1) is 10.9 Å². The Hall–Kier alpha value is -1.47. The first-order chi connectivity index (χ1) is 7.84. The Morgan fingerprint density at radius 2 is 1.76 bits per heavy atom. The Labute approximate surface area is 103 Å². The average molecular weight is 251 g/mol. The molecule has 3 nitrogen and oxygen atoms in total. The quantitative estimate of drug-likeness (QED) is 0.834. The van der Waals surface area contributed by atoms with Crippen LogP contribution < -0.4 is 5.32 Å². The van der Waals surface area contributed by atoms with Crippen molar-refractivity contribution in [2.45, 2.75) is 24.8 Å². The largest absolute Gasteiger partial charge is 0.371 e. The summed E-state index contributed by atoms with van der Waals surface area (Å²) in [5, 5.41) is 3.18. The lowest BCUT2D eigenvalue weighted by Crippen LogP contribution is -2.23. The fourth-order valence-electron chi connectivity index (χ4n) is 1.38. The maximum Gasteiger partial charge on any atom is 0.175 e. The summed E-state index contributed by atoms with van der Waals surface area (Å²) in [5.41, 5.74) is 0.828. The molecule has 0 saturated carbocycles. The molecule has 0 aliphatic rings. The fourth-order valence-corrected chi connectivity index (χ4v) is 2.01. The summed E-state index contributed by atoms with van der Waals surface area (Å²) in [7, 11) is -3.14. The molecule has 0 aliphatic heterocycles. The first-order valence-corrected chi connectivity index (χ1v) is 7.26. The molecule has 0 amide bonds. The lowest BCUT2D eigenvalue weighted by atomic mass is 10.1. The van der Waals surface area contributed by atoms with Crippen molar-refractivity contribution in [1.82, 2.24) is 0 Å². The molecule has 0 fully saturated rings. The van der Waals surface area contributed by atoms with E-state index in [0.717, 1.165) is 5.69 Å². The van der Waals surface area contributed by atoms with Crippen LogP contribution in [-0.4, -0.2) is 20.7 Å². The van der Waals surface area contributed by atoms with Gasteiger partial charge in [-0.25, -0.2) is 8.42 Å². The van der Waals surface area contributed by atoms with Gasteiger partial charge in [0.25, 0.3) is 0 Å². The summed E-state index contributed by atoms with van der Waals surface area (Å²) in [4.78, 5) is 0.310. The van der Waals surface area contributed by atoms with Crippen LogP contribution in [0.3, 0.4) is 0 Å². The molecule has 1 atom stereocenters. The Balaban J connectivity index is 2.86. The zero-order valence-corrected chi connectivity index (χ0v) is 11.1. The predicted molar refractivity (Wildman–Crippen MR) is 70.6 cm³/mol. The highest BCUT2D eigenvalue weighted by Crippen LogP contribution is 2.16. The van der Waals surface area contributed by atoms with Crippen molar-refractivity contribution >= 4 is 15.5 Å². The summed E-state index contributed by atoms with van der Waals surface area (Å²) in [6, 6.07) is 6.54. The van der Waals surface area contributed by atoms with E-state index in [-0.39, 0.29) is 6.04 Å². The van der Waals surface area contributed by atoms with Crippen molar-refractivity contribution in [1.29, 1.82) is 0 Å². The third-order valence-electron chi connectivity index (χ3n) is 2.45. The van der Waals surface area contributed by atoms with Gasteiger partial charge in [-0.05, 0) is 30.2 Å². The minimum absolute atomic E-state index is 0.0564. The molecule has 1 aromatic carbocycles. The second-order valence-electron chi connectivity index (χ2n) is 4.33. The molecule has 0 aliphatic carbocycles. The van der Waals surface area contributed by atoms with E-state index in [0.29, 0.717) is 10.8 Å². The molecule has 1 rings (SSSR count). The van der Waals surface area contributed by atoms with Gasteiger partial charge in [0.1, 0.15) is 0 Å². The van der Waals surface area contributed by atoms with Crippen LogP contribution in [0.15, 0.2) is 29.2 Å². The smallest absolute Gasteiger partial charge is 0.175 e. The van der Waals surface area contributed by atoms with Crippen LogP contribution in [0.25, 0.3) is 0 Å². The molecule has 1 aromatic rings. The standard InChI is InChI=1S/C13H17NO2S/c1-5-13(10(2)3)14-11-6-8-12(9-7-11)17(4,15)16/h1,6-10,13-14H,2-4H3. The van der Waals surface area contributed by atoms with Crippen molar-refractivity contribution < 1.29 is 8.42 Å². The topological polar surface area (TPSA) is 46.2 Å². The molecule has 0 aromatic heterocycles. The van der Waals surface area contributed by atoms with Gasteiger partial charge in [0.2, 0.25) is 0 Å². The number of rotatable bonds is 4. The van der Waals surface area contributed by atoms with Crippen LogP contribution >= 0.6 is 0 Å². The number of benzene rings is 1. The van der Waals surface area contributed by atoms with Gasteiger partial charge < -0.3 is 5.32 Å². The van der Waals surface area contributed by atoms with Crippen LogP contribution in [0, 0.1) is 18.3 Å². The Bertz CT molecular complexity index is 509. The molecular formula is C13H17NO2S. The van der Waals surface area contributed by atoms with E-state index in [1.165, 1.54) is 6.26 Å². The Morgan fingerprint density at radius 3 is 2.12 bits per heavy atom. The molecule has 0 saturated heterocycles. The monoisotopic (exact) mass is 251 g/mol. The van der Waals surface area contributed by atoms with Crippen molar-refractivity contribution in [3.05, 3.63) is 24.3 Å². The zero-order valence-electron chi connectivity index (χ0n) is 10.3. The van der Waals surface area contributed by atoms with Gasteiger partial charge in [-0.15, -0.1) is 6.42 Å². The molecule has 17 heavy (non-hydrogen) atoms. The van der Waals surface area contributed by atoms with Crippen molar-refractivity contribution in [3.63, 3.8) is 0 Å². The van der Waals surface area contributed by atoms with Gasteiger partial charge in [0, 0.05) is 11.9 Å². The summed E-state index contributed by atoms with van der Waals surface area (Å²) < 4.78 is 22.6. The first-order valence-electron chi connectivity index (χ1n) is 5.37. The highest BCUT2D eigenvalue weighted by molar-refractivity contribution is 7.90. The SMILES string of the molecule is C#CC(Nc1ccc(S(C)(=O)=O)cc1)C(C)C. The highest BCUT2D eigenvalue weighted by atomic mass is 32.2. The molecule has 1 unspecified atom stereocenters. The van der Waals surface area contributed by atoms with E-state index < -0.39 is 9.84 Å². The molecule has 1 N–H and O–H groups in total. The number of hydrogen-bond donors (Lipinski definition) is 1. The third kappa shape index (κ3) is 3.79. The van der Waals surface area contributed by atoms with Crippen molar-refractivity contribution in [3.8, 4) is 12.3 Å². The lowest BCUT2D eigenvalue weighted by Gasteiger charge is -2.17. The van der Waals surface area contributed by atoms with E-state index in [9.17, 15) is 8.42 Å². The Kier molecular flexibility index (Phi) is 4.19. The summed E-state index contributed by atoms with van der Waals surface area (Å²) in [6.07, 6.45) is 6.60. The second kappa shape index (κ2) is 5.24. The van der Waals surface area contributed by atoms with Crippen LogP contribution in [0.1, 0.15) is 13.8 Å². The van der Waals surface area contributed by atoms with Crippen LogP contribution in [0.2, 0.25) is 0 Å². The number of nitrogens with one attached hydrogen (secondary N) is 1. The average Bonchev–Trinajstić information content (AvgIpc) is 2.25. The molecule has 0 spiro atoms. The summed E-state index contributed by atoms with van der Waals surface area (Å²) in [5.74, 6) is 2.98. The van der Waals surface area contributed by atoms with Crippen molar-refractivity contribution in [2.75, 3.05) is 11.6 Å². The number of anilines is 1. The van der Waals surface area contributed by atoms with E-state index in [4.69, 9.17) is 6.42 Å². The lowest BCUT2D eigenvalue weighted by molar-refractivity contribution is 0.601. The van der Waals surface area contributed by atoms with E-state index in [1.807, 2.05) is 13.8 Å². The Morgan fingerprint density at radius 1 is 1.24 bits per heavy atom. The molecular weight excluding hydrogens is 234 g/mol. The maximum absolute atomic E-state index is 11.3. The third-order valence-corrected chi connectivity index (χ3v) is 3.58. The minimum atomic E-state index is -3.14. The zero-order chi connectivity index (χ0) is 13.1. The van der Waals surface area contributed by atoms with E-state index in [2.05, 4.69) is 11.2 Å². The van der Waals surface area contributed by atoms with Gasteiger partial charge in [-0.1, -0.05) is 19.8 Å².